The summed E-state index contributed by atoms with van der Waals surface area (Å²) >= 11 is 5.83. The average Bonchev–Trinajstić information content (AvgIpc) is 2.68. The van der Waals surface area contributed by atoms with E-state index in [4.69, 9.17) is 11.6 Å². The van der Waals surface area contributed by atoms with Crippen LogP contribution >= 0.6 is 11.6 Å². The van der Waals surface area contributed by atoms with Gasteiger partial charge >= 0.3 is 0 Å². The number of hydrogen-bond acceptors (Lipinski definition) is 2. The van der Waals surface area contributed by atoms with Gasteiger partial charge in [0.05, 0.1) is 16.3 Å². The molecule has 0 aliphatic carbocycles. The van der Waals surface area contributed by atoms with E-state index in [9.17, 15) is 9.18 Å². The Kier molecular flexibility index (Phi) is 4.39. The van der Waals surface area contributed by atoms with Gasteiger partial charge in [0.1, 0.15) is 5.82 Å². The maximum absolute atomic E-state index is 13.5. The Hall–Kier alpha value is -1.88. The third-order valence-electron chi connectivity index (χ3n) is 3.02. The van der Waals surface area contributed by atoms with E-state index in [1.165, 1.54) is 18.2 Å². The van der Waals surface area contributed by atoms with Crippen LogP contribution in [0.15, 0.2) is 24.3 Å². The largest absolute Gasteiger partial charge is 0.352 e. The molecule has 2 rings (SSSR count). The number of aryl methyl sites for hydroxylation is 2. The van der Waals surface area contributed by atoms with Crippen LogP contribution in [0.4, 0.5) is 4.39 Å². The van der Waals surface area contributed by atoms with Crippen LogP contribution in [-0.2, 0) is 13.5 Å². The van der Waals surface area contributed by atoms with Crippen molar-refractivity contribution in [2.24, 2.45) is 7.05 Å². The molecule has 0 atom stereocenters. The smallest absolute Gasteiger partial charge is 0.255 e. The van der Waals surface area contributed by atoms with Crippen molar-refractivity contribution in [3.8, 4) is 0 Å². The van der Waals surface area contributed by atoms with Crippen LogP contribution in [-0.4, -0.2) is 22.2 Å². The first kappa shape index (κ1) is 14.5. The zero-order valence-corrected chi connectivity index (χ0v) is 12.0. The first-order valence-corrected chi connectivity index (χ1v) is 6.58. The number of carbonyl (C=O) groups is 1. The van der Waals surface area contributed by atoms with Gasteiger partial charge in [0.2, 0.25) is 0 Å². The quantitative estimate of drug-likeness (QED) is 0.942. The average molecular weight is 296 g/mol. The predicted molar refractivity (Wildman–Crippen MR) is 75.4 cm³/mol. The minimum atomic E-state index is -0.622. The summed E-state index contributed by atoms with van der Waals surface area (Å²) in [5.74, 6) is -1.13. The number of nitrogens with zero attached hydrogens (tertiary/aromatic N) is 2. The van der Waals surface area contributed by atoms with Gasteiger partial charge < -0.3 is 5.32 Å². The van der Waals surface area contributed by atoms with Crippen molar-refractivity contribution < 1.29 is 9.18 Å². The number of amides is 1. The van der Waals surface area contributed by atoms with Crippen LogP contribution in [0.3, 0.4) is 0 Å². The van der Waals surface area contributed by atoms with Gasteiger partial charge in [-0.3, -0.25) is 9.48 Å². The fourth-order valence-corrected chi connectivity index (χ4v) is 2.11. The molecule has 1 aromatic heterocycles. The summed E-state index contributed by atoms with van der Waals surface area (Å²) in [5, 5.41) is 7.03. The van der Waals surface area contributed by atoms with E-state index in [-0.39, 0.29) is 10.6 Å². The predicted octanol–water partition coefficient (Wildman–Crippen LogP) is 2.49. The molecule has 0 saturated carbocycles. The molecule has 0 saturated heterocycles. The lowest BCUT2D eigenvalue weighted by atomic mass is 10.2. The van der Waals surface area contributed by atoms with Crippen LogP contribution in [0, 0.1) is 12.7 Å². The molecule has 4 nitrogen and oxygen atoms in total. The van der Waals surface area contributed by atoms with Crippen LogP contribution in [0.1, 0.15) is 21.7 Å². The molecular formula is C14H15ClFN3O. The first-order chi connectivity index (χ1) is 9.49. The molecule has 0 unspecified atom stereocenters. The lowest BCUT2D eigenvalue weighted by Gasteiger charge is -2.06. The fraction of sp³-hybridized carbons (Fsp3) is 0.286. The van der Waals surface area contributed by atoms with Gasteiger partial charge in [-0.15, -0.1) is 0 Å². The van der Waals surface area contributed by atoms with Gasteiger partial charge in [0, 0.05) is 25.7 Å². The van der Waals surface area contributed by atoms with Gasteiger partial charge in [-0.2, -0.15) is 5.10 Å². The number of halogens is 2. The minimum absolute atomic E-state index is 0.108. The summed E-state index contributed by atoms with van der Waals surface area (Å²) in [6.07, 6.45) is 0.583. The van der Waals surface area contributed by atoms with E-state index in [2.05, 4.69) is 10.4 Å². The standard InChI is InChI=1S/C14H15ClFN3O/c1-9-8-10(18-19(9)2)6-7-17-14(20)13-11(15)4-3-5-12(13)16/h3-5,8H,6-7H2,1-2H3,(H,17,20). The van der Waals surface area contributed by atoms with Gasteiger partial charge in [0.15, 0.2) is 0 Å². The van der Waals surface area contributed by atoms with E-state index >= 15 is 0 Å². The van der Waals surface area contributed by atoms with E-state index in [1.807, 2.05) is 20.0 Å². The normalized spacial score (nSPS) is 10.6. The highest BCUT2D eigenvalue weighted by molar-refractivity contribution is 6.33. The number of rotatable bonds is 4. The summed E-state index contributed by atoms with van der Waals surface area (Å²) in [5.41, 5.74) is 1.81. The zero-order valence-electron chi connectivity index (χ0n) is 11.3. The summed E-state index contributed by atoms with van der Waals surface area (Å²) < 4.78 is 15.3. The van der Waals surface area contributed by atoms with Gasteiger partial charge in [-0.1, -0.05) is 17.7 Å². The molecule has 0 bridgehead atoms. The molecule has 0 aliphatic rings. The lowest BCUT2D eigenvalue weighted by molar-refractivity contribution is 0.0950. The summed E-state index contributed by atoms with van der Waals surface area (Å²) in [6, 6.07) is 6.11. The Morgan fingerprint density at radius 1 is 1.50 bits per heavy atom. The molecule has 20 heavy (non-hydrogen) atoms. The Morgan fingerprint density at radius 3 is 2.85 bits per heavy atom. The van der Waals surface area contributed by atoms with E-state index in [0.717, 1.165) is 11.4 Å². The Labute approximate surface area is 121 Å². The van der Waals surface area contributed by atoms with Crippen molar-refractivity contribution in [1.29, 1.82) is 0 Å². The summed E-state index contributed by atoms with van der Waals surface area (Å²) in [6.45, 7) is 2.33. The van der Waals surface area contributed by atoms with Crippen molar-refractivity contribution in [3.63, 3.8) is 0 Å². The van der Waals surface area contributed by atoms with Crippen LogP contribution < -0.4 is 5.32 Å². The summed E-state index contributed by atoms with van der Waals surface area (Å²) in [4.78, 5) is 11.9. The van der Waals surface area contributed by atoms with Crippen molar-refractivity contribution in [1.82, 2.24) is 15.1 Å². The highest BCUT2D eigenvalue weighted by atomic mass is 35.5. The Morgan fingerprint density at radius 2 is 2.25 bits per heavy atom. The van der Waals surface area contributed by atoms with Gasteiger partial charge in [-0.05, 0) is 25.1 Å². The minimum Gasteiger partial charge on any atom is -0.352 e. The highest BCUT2D eigenvalue weighted by Gasteiger charge is 2.15. The number of benzene rings is 1. The number of hydrogen-bond donors (Lipinski definition) is 1. The monoisotopic (exact) mass is 295 g/mol. The Bertz CT molecular complexity index is 600. The van der Waals surface area contributed by atoms with Crippen molar-refractivity contribution in [2.75, 3.05) is 6.54 Å². The molecule has 0 aliphatic heterocycles. The zero-order chi connectivity index (χ0) is 14.7. The van der Waals surface area contributed by atoms with Crippen LogP contribution in [0.2, 0.25) is 5.02 Å². The lowest BCUT2D eigenvalue weighted by Crippen LogP contribution is -2.27. The number of aromatic nitrogens is 2. The van der Waals surface area contributed by atoms with Crippen LogP contribution in [0.25, 0.3) is 0 Å². The molecule has 1 heterocycles. The first-order valence-electron chi connectivity index (χ1n) is 6.20. The van der Waals surface area contributed by atoms with Crippen molar-refractivity contribution in [2.45, 2.75) is 13.3 Å². The SMILES string of the molecule is Cc1cc(CCNC(=O)c2c(F)cccc2Cl)nn1C. The number of nitrogens with one attached hydrogen (secondary N) is 1. The number of carbonyl (C=O) groups excluding carboxylic acids is 1. The third-order valence-corrected chi connectivity index (χ3v) is 3.34. The van der Waals surface area contributed by atoms with Gasteiger partial charge in [0.25, 0.3) is 5.91 Å². The third kappa shape index (κ3) is 3.17. The molecule has 106 valence electrons. The second-order valence-corrected chi connectivity index (χ2v) is 4.91. The maximum atomic E-state index is 13.5. The fourth-order valence-electron chi connectivity index (χ4n) is 1.86. The van der Waals surface area contributed by atoms with Crippen LogP contribution in [0.5, 0.6) is 0 Å². The maximum Gasteiger partial charge on any atom is 0.255 e. The second kappa shape index (κ2) is 6.05. The molecule has 6 heteroatoms. The highest BCUT2D eigenvalue weighted by Crippen LogP contribution is 2.18. The van der Waals surface area contributed by atoms with Crippen molar-refractivity contribution in [3.05, 3.63) is 52.1 Å². The molecule has 0 spiro atoms. The molecule has 1 aromatic carbocycles. The molecular weight excluding hydrogens is 281 g/mol. The van der Waals surface area contributed by atoms with E-state index in [0.29, 0.717) is 13.0 Å². The Balaban J connectivity index is 1.96. The molecule has 1 N–H and O–H groups in total. The second-order valence-electron chi connectivity index (χ2n) is 4.50. The molecule has 0 radical (unpaired) electrons. The molecule has 0 fully saturated rings. The van der Waals surface area contributed by atoms with E-state index < -0.39 is 11.7 Å². The van der Waals surface area contributed by atoms with Crippen molar-refractivity contribution >= 4 is 17.5 Å². The van der Waals surface area contributed by atoms with Gasteiger partial charge in [-0.25, -0.2) is 4.39 Å². The summed E-state index contributed by atoms with van der Waals surface area (Å²) in [7, 11) is 1.86. The molecule has 1 amide bonds. The van der Waals surface area contributed by atoms with E-state index in [1.54, 1.807) is 4.68 Å². The topological polar surface area (TPSA) is 46.9 Å². The molecule has 2 aromatic rings.